The van der Waals surface area contributed by atoms with E-state index in [9.17, 15) is 4.79 Å². The molecule has 0 atom stereocenters. The van der Waals surface area contributed by atoms with E-state index in [1.165, 1.54) is 5.56 Å². The molecular formula is C22H27N3O4. The van der Waals surface area contributed by atoms with E-state index in [0.717, 1.165) is 49.9 Å². The standard InChI is InChI=1S/C22H27N3O4/c1-2-27-19-6-4-3-5-18(19)23-22(26)15-25-11-9-24(10-12-25)14-17-7-8-20-21(13-17)29-16-28-20/h3-8,13H,2,9-12,14-16H2,1H3,(H,23,26). The zero-order valence-electron chi connectivity index (χ0n) is 16.7. The van der Waals surface area contributed by atoms with Crippen LogP contribution in [0.4, 0.5) is 5.69 Å². The number of rotatable bonds is 7. The van der Waals surface area contributed by atoms with Gasteiger partial charge < -0.3 is 19.5 Å². The lowest BCUT2D eigenvalue weighted by atomic mass is 10.1. The number of amides is 1. The first-order valence-corrected chi connectivity index (χ1v) is 10.1. The van der Waals surface area contributed by atoms with Crippen LogP contribution in [0.2, 0.25) is 0 Å². The predicted molar refractivity (Wildman–Crippen MR) is 111 cm³/mol. The van der Waals surface area contributed by atoms with Crippen LogP contribution >= 0.6 is 0 Å². The lowest BCUT2D eigenvalue weighted by Gasteiger charge is -2.34. The van der Waals surface area contributed by atoms with E-state index >= 15 is 0 Å². The molecule has 0 unspecified atom stereocenters. The van der Waals surface area contributed by atoms with Crippen molar-refractivity contribution in [3.63, 3.8) is 0 Å². The van der Waals surface area contributed by atoms with Crippen molar-refractivity contribution in [3.8, 4) is 17.2 Å². The molecule has 2 aliphatic rings. The number of hydrogen-bond acceptors (Lipinski definition) is 6. The van der Waals surface area contributed by atoms with Gasteiger partial charge in [0.15, 0.2) is 11.5 Å². The molecule has 2 heterocycles. The third kappa shape index (κ3) is 4.99. The van der Waals surface area contributed by atoms with Gasteiger partial charge in [-0.3, -0.25) is 14.6 Å². The van der Waals surface area contributed by atoms with Crippen LogP contribution in [0.15, 0.2) is 42.5 Å². The average molecular weight is 397 g/mol. The highest BCUT2D eigenvalue weighted by Gasteiger charge is 2.20. The van der Waals surface area contributed by atoms with Crippen LogP contribution < -0.4 is 19.5 Å². The molecule has 154 valence electrons. The fraction of sp³-hybridized carbons (Fsp3) is 0.409. The molecule has 29 heavy (non-hydrogen) atoms. The van der Waals surface area contributed by atoms with E-state index in [2.05, 4.69) is 27.2 Å². The van der Waals surface area contributed by atoms with Gasteiger partial charge in [-0.05, 0) is 36.8 Å². The SMILES string of the molecule is CCOc1ccccc1NC(=O)CN1CCN(Cc2ccc3c(c2)OCO3)CC1. The summed E-state index contributed by atoms with van der Waals surface area (Å²) in [7, 11) is 0. The van der Waals surface area contributed by atoms with E-state index in [1.54, 1.807) is 0 Å². The molecule has 7 heteroatoms. The molecule has 0 spiro atoms. The number of anilines is 1. The first kappa shape index (κ1) is 19.5. The number of ether oxygens (including phenoxy) is 3. The monoisotopic (exact) mass is 397 g/mol. The molecule has 0 radical (unpaired) electrons. The van der Waals surface area contributed by atoms with Crippen molar-refractivity contribution in [2.24, 2.45) is 0 Å². The minimum Gasteiger partial charge on any atom is -0.492 e. The Morgan fingerprint density at radius 3 is 2.62 bits per heavy atom. The van der Waals surface area contributed by atoms with Crippen LogP contribution in [0.25, 0.3) is 0 Å². The third-order valence-corrected chi connectivity index (χ3v) is 5.14. The highest BCUT2D eigenvalue weighted by atomic mass is 16.7. The van der Waals surface area contributed by atoms with Crippen LogP contribution in [-0.4, -0.2) is 61.8 Å². The Labute approximate surface area is 171 Å². The maximum Gasteiger partial charge on any atom is 0.238 e. The molecule has 1 amide bonds. The number of carbonyl (C=O) groups excluding carboxylic acids is 1. The Hall–Kier alpha value is -2.77. The normalized spacial score (nSPS) is 16.6. The van der Waals surface area contributed by atoms with E-state index in [1.807, 2.05) is 37.3 Å². The second kappa shape index (κ2) is 9.15. The molecule has 1 saturated heterocycles. The van der Waals surface area contributed by atoms with Gasteiger partial charge in [-0.1, -0.05) is 18.2 Å². The summed E-state index contributed by atoms with van der Waals surface area (Å²) < 4.78 is 16.4. The number of carbonyl (C=O) groups is 1. The predicted octanol–water partition coefficient (Wildman–Crippen LogP) is 2.57. The van der Waals surface area contributed by atoms with Crippen molar-refractivity contribution < 1.29 is 19.0 Å². The van der Waals surface area contributed by atoms with E-state index in [4.69, 9.17) is 14.2 Å². The zero-order valence-corrected chi connectivity index (χ0v) is 16.7. The molecule has 1 N–H and O–H groups in total. The summed E-state index contributed by atoms with van der Waals surface area (Å²) in [6.45, 7) is 7.65. The van der Waals surface area contributed by atoms with Gasteiger partial charge in [0.1, 0.15) is 5.75 Å². The molecular weight excluding hydrogens is 370 g/mol. The number of hydrogen-bond donors (Lipinski definition) is 1. The van der Waals surface area contributed by atoms with Crippen molar-refractivity contribution in [2.75, 3.05) is 51.4 Å². The number of piperazine rings is 1. The molecule has 0 aromatic heterocycles. The molecule has 4 rings (SSSR count). The Kier molecular flexibility index (Phi) is 6.17. The Bertz CT molecular complexity index is 850. The minimum atomic E-state index is -0.0126. The Morgan fingerprint density at radius 1 is 1.03 bits per heavy atom. The quantitative estimate of drug-likeness (QED) is 0.775. The first-order chi connectivity index (χ1) is 14.2. The third-order valence-electron chi connectivity index (χ3n) is 5.14. The summed E-state index contributed by atoms with van der Waals surface area (Å²) in [5, 5.41) is 2.97. The number of para-hydroxylation sites is 2. The smallest absolute Gasteiger partial charge is 0.238 e. The van der Waals surface area contributed by atoms with Crippen molar-refractivity contribution in [2.45, 2.75) is 13.5 Å². The minimum absolute atomic E-state index is 0.0126. The van der Waals surface area contributed by atoms with Gasteiger partial charge in [0.25, 0.3) is 0 Å². The fourth-order valence-corrected chi connectivity index (χ4v) is 3.65. The van der Waals surface area contributed by atoms with Crippen LogP contribution in [0, 0.1) is 0 Å². The van der Waals surface area contributed by atoms with Gasteiger partial charge in [0, 0.05) is 32.7 Å². The molecule has 0 saturated carbocycles. The van der Waals surface area contributed by atoms with Crippen LogP contribution in [0.5, 0.6) is 17.2 Å². The fourth-order valence-electron chi connectivity index (χ4n) is 3.65. The summed E-state index contributed by atoms with van der Waals surface area (Å²) >= 11 is 0. The lowest BCUT2D eigenvalue weighted by molar-refractivity contribution is -0.117. The summed E-state index contributed by atoms with van der Waals surface area (Å²) in [6, 6.07) is 13.6. The Morgan fingerprint density at radius 2 is 1.79 bits per heavy atom. The molecule has 0 bridgehead atoms. The van der Waals surface area contributed by atoms with E-state index < -0.39 is 0 Å². The second-order valence-corrected chi connectivity index (χ2v) is 7.22. The number of nitrogens with zero attached hydrogens (tertiary/aromatic N) is 2. The number of nitrogens with one attached hydrogen (secondary N) is 1. The summed E-state index contributed by atoms with van der Waals surface area (Å²) in [5.41, 5.74) is 1.94. The first-order valence-electron chi connectivity index (χ1n) is 10.1. The molecule has 7 nitrogen and oxygen atoms in total. The van der Waals surface area contributed by atoms with Crippen molar-refractivity contribution in [1.29, 1.82) is 0 Å². The molecule has 0 aliphatic carbocycles. The summed E-state index contributed by atoms with van der Waals surface area (Å²) in [6.07, 6.45) is 0. The Balaban J connectivity index is 1.24. The van der Waals surface area contributed by atoms with Crippen molar-refractivity contribution in [1.82, 2.24) is 9.80 Å². The molecule has 1 fully saturated rings. The lowest BCUT2D eigenvalue weighted by Crippen LogP contribution is -2.48. The highest BCUT2D eigenvalue weighted by Crippen LogP contribution is 2.32. The van der Waals surface area contributed by atoms with Gasteiger partial charge in [-0.2, -0.15) is 0 Å². The number of benzene rings is 2. The van der Waals surface area contributed by atoms with Gasteiger partial charge >= 0.3 is 0 Å². The maximum absolute atomic E-state index is 12.5. The largest absolute Gasteiger partial charge is 0.492 e. The highest BCUT2D eigenvalue weighted by molar-refractivity contribution is 5.93. The van der Waals surface area contributed by atoms with Crippen LogP contribution in [-0.2, 0) is 11.3 Å². The molecule has 2 aromatic carbocycles. The van der Waals surface area contributed by atoms with Gasteiger partial charge in [0.05, 0.1) is 18.8 Å². The van der Waals surface area contributed by atoms with E-state index in [0.29, 0.717) is 25.7 Å². The average Bonchev–Trinajstić information content (AvgIpc) is 3.19. The number of fused-ring (bicyclic) bond motifs is 1. The van der Waals surface area contributed by atoms with Crippen molar-refractivity contribution >= 4 is 11.6 Å². The molecule has 2 aromatic rings. The maximum atomic E-state index is 12.5. The van der Waals surface area contributed by atoms with Crippen LogP contribution in [0.3, 0.4) is 0 Å². The summed E-state index contributed by atoms with van der Waals surface area (Å²) in [4.78, 5) is 17.1. The zero-order chi connectivity index (χ0) is 20.1. The summed E-state index contributed by atoms with van der Waals surface area (Å²) in [5.74, 6) is 2.33. The van der Waals surface area contributed by atoms with Crippen LogP contribution in [0.1, 0.15) is 12.5 Å². The van der Waals surface area contributed by atoms with Gasteiger partial charge in [0.2, 0.25) is 12.7 Å². The van der Waals surface area contributed by atoms with Gasteiger partial charge in [-0.25, -0.2) is 0 Å². The van der Waals surface area contributed by atoms with Gasteiger partial charge in [-0.15, -0.1) is 0 Å². The molecule has 2 aliphatic heterocycles. The van der Waals surface area contributed by atoms with Crippen molar-refractivity contribution in [3.05, 3.63) is 48.0 Å². The topological polar surface area (TPSA) is 63.3 Å². The van der Waals surface area contributed by atoms with E-state index in [-0.39, 0.29) is 5.91 Å². The second-order valence-electron chi connectivity index (χ2n) is 7.22.